The molecule has 0 fully saturated rings. The normalized spacial score (nSPS) is 10.8. The summed E-state index contributed by atoms with van der Waals surface area (Å²) in [5.74, 6) is 0.651. The predicted octanol–water partition coefficient (Wildman–Crippen LogP) is 2.36. The SMILES string of the molecule is CCCCN(CCO)CCOc1ccccc1C(C)=O. The van der Waals surface area contributed by atoms with Crippen molar-refractivity contribution >= 4 is 5.78 Å². The lowest BCUT2D eigenvalue weighted by Crippen LogP contribution is -2.32. The molecule has 0 heterocycles. The van der Waals surface area contributed by atoms with Crippen LogP contribution in [0.3, 0.4) is 0 Å². The van der Waals surface area contributed by atoms with Crippen LogP contribution in [0.15, 0.2) is 24.3 Å². The summed E-state index contributed by atoms with van der Waals surface area (Å²) in [6, 6.07) is 7.30. The zero-order valence-corrected chi connectivity index (χ0v) is 12.5. The van der Waals surface area contributed by atoms with Crippen molar-refractivity contribution in [2.45, 2.75) is 26.7 Å². The van der Waals surface area contributed by atoms with Crippen molar-refractivity contribution in [1.29, 1.82) is 0 Å². The van der Waals surface area contributed by atoms with Gasteiger partial charge in [-0.3, -0.25) is 9.69 Å². The molecule has 0 unspecified atom stereocenters. The van der Waals surface area contributed by atoms with E-state index < -0.39 is 0 Å². The Bertz CT molecular complexity index is 406. The Labute approximate surface area is 121 Å². The number of para-hydroxylation sites is 1. The van der Waals surface area contributed by atoms with Crippen LogP contribution < -0.4 is 4.74 Å². The third kappa shape index (κ3) is 5.72. The van der Waals surface area contributed by atoms with E-state index in [-0.39, 0.29) is 12.4 Å². The Balaban J connectivity index is 2.47. The first-order valence-corrected chi connectivity index (χ1v) is 7.25. The molecule has 0 amide bonds. The molecule has 0 radical (unpaired) electrons. The highest BCUT2D eigenvalue weighted by molar-refractivity contribution is 5.96. The number of aliphatic hydroxyl groups is 1. The van der Waals surface area contributed by atoms with Gasteiger partial charge in [0.15, 0.2) is 5.78 Å². The van der Waals surface area contributed by atoms with Gasteiger partial charge in [-0.05, 0) is 32.0 Å². The number of ether oxygens (including phenoxy) is 1. The first kappa shape index (κ1) is 16.7. The Kier molecular flexibility index (Phi) is 7.92. The van der Waals surface area contributed by atoms with Crippen molar-refractivity contribution in [1.82, 2.24) is 4.90 Å². The number of benzene rings is 1. The Hall–Kier alpha value is -1.39. The van der Waals surface area contributed by atoms with Crippen LogP contribution >= 0.6 is 0 Å². The Morgan fingerprint density at radius 1 is 1.25 bits per heavy atom. The Morgan fingerprint density at radius 2 is 2.00 bits per heavy atom. The summed E-state index contributed by atoms with van der Waals surface area (Å²) in [5.41, 5.74) is 0.620. The van der Waals surface area contributed by atoms with E-state index in [1.807, 2.05) is 18.2 Å². The number of ketones is 1. The molecule has 0 aliphatic rings. The average molecular weight is 279 g/mol. The van der Waals surface area contributed by atoms with E-state index >= 15 is 0 Å². The molecule has 0 saturated heterocycles. The number of hydrogen-bond donors (Lipinski definition) is 1. The minimum atomic E-state index is 0.0128. The number of nitrogens with zero attached hydrogens (tertiary/aromatic N) is 1. The van der Waals surface area contributed by atoms with E-state index in [1.54, 1.807) is 13.0 Å². The summed E-state index contributed by atoms with van der Waals surface area (Å²) in [7, 11) is 0. The van der Waals surface area contributed by atoms with E-state index in [9.17, 15) is 4.79 Å². The molecule has 0 bridgehead atoms. The first-order chi connectivity index (χ1) is 9.69. The molecular formula is C16H25NO3. The molecule has 0 saturated carbocycles. The van der Waals surface area contributed by atoms with E-state index in [0.29, 0.717) is 24.5 Å². The van der Waals surface area contributed by atoms with Gasteiger partial charge in [0, 0.05) is 13.1 Å². The van der Waals surface area contributed by atoms with Crippen LogP contribution in [0.2, 0.25) is 0 Å². The summed E-state index contributed by atoms with van der Waals surface area (Å²) in [4.78, 5) is 13.7. The van der Waals surface area contributed by atoms with E-state index in [2.05, 4.69) is 11.8 Å². The molecule has 0 aromatic heterocycles. The van der Waals surface area contributed by atoms with E-state index in [1.165, 1.54) is 0 Å². The van der Waals surface area contributed by atoms with Crippen LogP contribution in [0.1, 0.15) is 37.0 Å². The maximum absolute atomic E-state index is 11.5. The molecule has 0 aliphatic carbocycles. The van der Waals surface area contributed by atoms with Crippen molar-refractivity contribution in [3.05, 3.63) is 29.8 Å². The zero-order valence-electron chi connectivity index (χ0n) is 12.5. The molecule has 1 N–H and O–H groups in total. The maximum Gasteiger partial charge on any atom is 0.163 e. The molecule has 1 aromatic carbocycles. The number of hydrogen-bond acceptors (Lipinski definition) is 4. The maximum atomic E-state index is 11.5. The third-order valence-corrected chi connectivity index (χ3v) is 3.18. The van der Waals surface area contributed by atoms with Gasteiger partial charge in [-0.25, -0.2) is 0 Å². The first-order valence-electron chi connectivity index (χ1n) is 7.25. The van der Waals surface area contributed by atoms with E-state index in [0.717, 1.165) is 25.9 Å². The van der Waals surface area contributed by atoms with Crippen molar-refractivity contribution < 1.29 is 14.6 Å². The fourth-order valence-corrected chi connectivity index (χ4v) is 2.03. The lowest BCUT2D eigenvalue weighted by molar-refractivity contribution is 0.101. The van der Waals surface area contributed by atoms with Crippen LogP contribution in [-0.4, -0.2) is 48.6 Å². The number of unbranched alkanes of at least 4 members (excludes halogenated alkanes) is 1. The average Bonchev–Trinajstić information content (AvgIpc) is 2.45. The summed E-state index contributed by atoms with van der Waals surface area (Å²) >= 11 is 0. The monoisotopic (exact) mass is 279 g/mol. The molecule has 4 nitrogen and oxygen atoms in total. The molecule has 112 valence electrons. The van der Waals surface area contributed by atoms with Crippen molar-refractivity contribution in [2.24, 2.45) is 0 Å². The van der Waals surface area contributed by atoms with Gasteiger partial charge in [0.05, 0.1) is 12.2 Å². The van der Waals surface area contributed by atoms with Gasteiger partial charge in [0.1, 0.15) is 12.4 Å². The summed E-state index contributed by atoms with van der Waals surface area (Å²) in [6.45, 7) is 6.76. The van der Waals surface area contributed by atoms with Crippen LogP contribution in [0.25, 0.3) is 0 Å². The predicted molar refractivity (Wildman–Crippen MR) is 80.4 cm³/mol. The smallest absolute Gasteiger partial charge is 0.163 e. The lowest BCUT2D eigenvalue weighted by atomic mass is 10.1. The minimum Gasteiger partial charge on any atom is -0.491 e. The second-order valence-corrected chi connectivity index (χ2v) is 4.82. The molecule has 4 heteroatoms. The van der Waals surface area contributed by atoms with Gasteiger partial charge in [0.2, 0.25) is 0 Å². The van der Waals surface area contributed by atoms with Crippen molar-refractivity contribution in [3.8, 4) is 5.75 Å². The van der Waals surface area contributed by atoms with Crippen LogP contribution in [0, 0.1) is 0 Å². The van der Waals surface area contributed by atoms with Gasteiger partial charge in [0.25, 0.3) is 0 Å². The molecule has 20 heavy (non-hydrogen) atoms. The number of rotatable bonds is 10. The highest BCUT2D eigenvalue weighted by Gasteiger charge is 2.08. The van der Waals surface area contributed by atoms with Crippen LogP contribution in [0.4, 0.5) is 0 Å². The van der Waals surface area contributed by atoms with Gasteiger partial charge in [-0.15, -0.1) is 0 Å². The summed E-state index contributed by atoms with van der Waals surface area (Å²) < 4.78 is 5.71. The number of Topliss-reactive ketones (excluding diaryl/α,β-unsaturated/α-hetero) is 1. The van der Waals surface area contributed by atoms with Gasteiger partial charge >= 0.3 is 0 Å². The van der Waals surface area contributed by atoms with Gasteiger partial charge in [-0.1, -0.05) is 25.5 Å². The molecule has 0 spiro atoms. The second kappa shape index (κ2) is 9.50. The minimum absolute atomic E-state index is 0.0128. The van der Waals surface area contributed by atoms with Gasteiger partial charge in [-0.2, -0.15) is 0 Å². The highest BCUT2D eigenvalue weighted by atomic mass is 16.5. The van der Waals surface area contributed by atoms with Crippen LogP contribution in [-0.2, 0) is 0 Å². The quantitative estimate of drug-likeness (QED) is 0.668. The third-order valence-electron chi connectivity index (χ3n) is 3.18. The van der Waals surface area contributed by atoms with Crippen molar-refractivity contribution in [2.75, 3.05) is 32.8 Å². The molecule has 1 aromatic rings. The van der Waals surface area contributed by atoms with Crippen LogP contribution in [0.5, 0.6) is 5.75 Å². The fraction of sp³-hybridized carbons (Fsp3) is 0.562. The Morgan fingerprint density at radius 3 is 2.65 bits per heavy atom. The largest absolute Gasteiger partial charge is 0.491 e. The zero-order chi connectivity index (χ0) is 14.8. The van der Waals surface area contributed by atoms with E-state index in [4.69, 9.17) is 9.84 Å². The highest BCUT2D eigenvalue weighted by Crippen LogP contribution is 2.18. The number of carbonyl (C=O) groups excluding carboxylic acids is 1. The molecule has 0 atom stereocenters. The summed E-state index contributed by atoms with van der Waals surface area (Å²) in [6.07, 6.45) is 2.25. The second-order valence-electron chi connectivity index (χ2n) is 4.82. The lowest BCUT2D eigenvalue weighted by Gasteiger charge is -2.21. The van der Waals surface area contributed by atoms with Crippen molar-refractivity contribution in [3.63, 3.8) is 0 Å². The van der Waals surface area contributed by atoms with Gasteiger partial charge < -0.3 is 9.84 Å². The molecule has 0 aliphatic heterocycles. The fourth-order valence-electron chi connectivity index (χ4n) is 2.03. The molecule has 1 rings (SSSR count). The topological polar surface area (TPSA) is 49.8 Å². The standard InChI is InChI=1S/C16H25NO3/c1-3-4-9-17(10-12-18)11-13-20-16-8-6-5-7-15(16)14(2)19/h5-8,18H,3-4,9-13H2,1-2H3. The number of aliphatic hydroxyl groups excluding tert-OH is 1. The number of carbonyl (C=O) groups is 1. The molecular weight excluding hydrogens is 254 g/mol. The summed E-state index contributed by atoms with van der Waals surface area (Å²) in [5, 5.41) is 9.04.